The summed E-state index contributed by atoms with van der Waals surface area (Å²) in [5.74, 6) is -0.417. The summed E-state index contributed by atoms with van der Waals surface area (Å²) in [6.45, 7) is 4.43. The first-order chi connectivity index (χ1) is 14.1. The lowest BCUT2D eigenvalue weighted by Crippen LogP contribution is -2.23. The minimum atomic E-state index is -0.481. The highest BCUT2D eigenvalue weighted by Crippen LogP contribution is 2.15. The summed E-state index contributed by atoms with van der Waals surface area (Å²) in [7, 11) is 0. The second kappa shape index (κ2) is 9.54. The van der Waals surface area contributed by atoms with Gasteiger partial charge in [-0.3, -0.25) is 0 Å². The Labute approximate surface area is 169 Å². The van der Waals surface area contributed by atoms with Crippen LogP contribution in [0.4, 0.5) is 4.79 Å². The number of aryl methyl sites for hydroxylation is 1. The van der Waals surface area contributed by atoms with Crippen LogP contribution >= 0.6 is 0 Å². The standard InChI is InChI=1S/C22H23N3O4/c1-3-28-21(26)20-13-16(2)24-25(20)19-11-9-17(10-12-19)14-23-22(27)29-15-18-7-5-4-6-8-18/h4-13H,3,14-15H2,1-2H3,(H,23,27). The van der Waals surface area contributed by atoms with Gasteiger partial charge >= 0.3 is 12.1 Å². The summed E-state index contributed by atoms with van der Waals surface area (Å²) in [5.41, 5.74) is 3.65. The van der Waals surface area contributed by atoms with Gasteiger partial charge in [0.05, 0.1) is 18.0 Å². The molecule has 0 atom stereocenters. The SMILES string of the molecule is CCOC(=O)c1cc(C)nn1-c1ccc(CNC(=O)OCc2ccccc2)cc1. The van der Waals surface area contributed by atoms with E-state index in [2.05, 4.69) is 10.4 Å². The normalized spacial score (nSPS) is 10.4. The topological polar surface area (TPSA) is 82.5 Å². The number of carbonyl (C=O) groups is 2. The van der Waals surface area contributed by atoms with Crippen LogP contribution < -0.4 is 5.32 Å². The first kappa shape index (κ1) is 20.1. The van der Waals surface area contributed by atoms with E-state index in [4.69, 9.17) is 9.47 Å². The zero-order valence-corrected chi connectivity index (χ0v) is 16.4. The molecule has 7 heteroatoms. The Morgan fingerprint density at radius 1 is 1.00 bits per heavy atom. The van der Waals surface area contributed by atoms with Gasteiger partial charge in [0.1, 0.15) is 6.61 Å². The van der Waals surface area contributed by atoms with Gasteiger partial charge in [-0.1, -0.05) is 42.5 Å². The van der Waals surface area contributed by atoms with Gasteiger partial charge < -0.3 is 14.8 Å². The molecule has 29 heavy (non-hydrogen) atoms. The predicted octanol–water partition coefficient (Wildman–Crippen LogP) is 3.78. The highest BCUT2D eigenvalue weighted by atomic mass is 16.5. The number of nitrogens with zero attached hydrogens (tertiary/aromatic N) is 2. The molecule has 0 aliphatic heterocycles. The van der Waals surface area contributed by atoms with Gasteiger partial charge in [0.2, 0.25) is 0 Å². The lowest BCUT2D eigenvalue weighted by Gasteiger charge is -2.09. The number of amides is 1. The fourth-order valence-electron chi connectivity index (χ4n) is 2.75. The molecule has 7 nitrogen and oxygen atoms in total. The van der Waals surface area contributed by atoms with Gasteiger partial charge in [-0.05, 0) is 43.2 Å². The van der Waals surface area contributed by atoms with Crippen LogP contribution in [0.25, 0.3) is 5.69 Å². The lowest BCUT2D eigenvalue weighted by molar-refractivity contribution is 0.0515. The summed E-state index contributed by atoms with van der Waals surface area (Å²) >= 11 is 0. The van der Waals surface area contributed by atoms with E-state index >= 15 is 0 Å². The summed E-state index contributed by atoms with van der Waals surface area (Å²) in [4.78, 5) is 24.0. The van der Waals surface area contributed by atoms with Gasteiger partial charge in [-0.25, -0.2) is 14.3 Å². The average Bonchev–Trinajstić information content (AvgIpc) is 3.14. The smallest absolute Gasteiger partial charge is 0.407 e. The van der Waals surface area contributed by atoms with Crippen molar-refractivity contribution in [3.8, 4) is 5.69 Å². The number of hydrogen-bond donors (Lipinski definition) is 1. The third kappa shape index (κ3) is 5.44. The predicted molar refractivity (Wildman–Crippen MR) is 108 cm³/mol. The molecule has 1 amide bonds. The molecule has 0 bridgehead atoms. The molecular formula is C22H23N3O4. The van der Waals surface area contributed by atoms with Crippen LogP contribution in [0.5, 0.6) is 0 Å². The molecule has 2 aromatic carbocycles. The molecular weight excluding hydrogens is 370 g/mol. The Balaban J connectivity index is 1.58. The fourth-order valence-corrected chi connectivity index (χ4v) is 2.75. The summed E-state index contributed by atoms with van der Waals surface area (Å²) in [6, 6.07) is 18.6. The second-order valence-corrected chi connectivity index (χ2v) is 6.38. The molecule has 0 saturated heterocycles. The minimum Gasteiger partial charge on any atom is -0.461 e. The zero-order chi connectivity index (χ0) is 20.6. The van der Waals surface area contributed by atoms with Gasteiger partial charge in [-0.15, -0.1) is 0 Å². The van der Waals surface area contributed by atoms with Crippen LogP contribution in [-0.4, -0.2) is 28.4 Å². The summed E-state index contributed by atoms with van der Waals surface area (Å²) < 4.78 is 11.8. The molecule has 0 aliphatic carbocycles. The molecule has 1 aromatic heterocycles. The van der Waals surface area contributed by atoms with E-state index in [1.165, 1.54) is 0 Å². The quantitative estimate of drug-likeness (QED) is 0.618. The number of carbonyl (C=O) groups excluding carboxylic acids is 2. The molecule has 3 rings (SSSR count). The number of benzene rings is 2. The first-order valence-corrected chi connectivity index (χ1v) is 9.34. The van der Waals surface area contributed by atoms with Crippen molar-refractivity contribution in [2.75, 3.05) is 6.61 Å². The van der Waals surface area contributed by atoms with E-state index in [-0.39, 0.29) is 6.61 Å². The van der Waals surface area contributed by atoms with Crippen LogP contribution in [0.15, 0.2) is 60.7 Å². The molecule has 0 unspecified atom stereocenters. The Bertz CT molecular complexity index is 965. The van der Waals surface area contributed by atoms with Gasteiger partial charge in [0.15, 0.2) is 5.69 Å². The Kier molecular flexibility index (Phi) is 6.63. The molecule has 150 valence electrons. The number of ether oxygens (including phenoxy) is 2. The van der Waals surface area contributed by atoms with E-state index in [1.54, 1.807) is 17.7 Å². The molecule has 1 N–H and O–H groups in total. The van der Waals surface area contributed by atoms with E-state index in [9.17, 15) is 9.59 Å². The monoisotopic (exact) mass is 393 g/mol. The van der Waals surface area contributed by atoms with Crippen LogP contribution in [0, 0.1) is 6.92 Å². The highest BCUT2D eigenvalue weighted by molar-refractivity contribution is 5.88. The highest BCUT2D eigenvalue weighted by Gasteiger charge is 2.16. The van der Waals surface area contributed by atoms with Crippen LogP contribution in [0.2, 0.25) is 0 Å². The van der Waals surface area contributed by atoms with Crippen molar-refractivity contribution in [3.05, 3.63) is 83.2 Å². The number of rotatable bonds is 7. The van der Waals surface area contributed by atoms with Gasteiger partial charge in [-0.2, -0.15) is 5.10 Å². The Morgan fingerprint density at radius 3 is 2.41 bits per heavy atom. The average molecular weight is 393 g/mol. The Morgan fingerprint density at radius 2 is 1.72 bits per heavy atom. The van der Waals surface area contributed by atoms with E-state index in [0.29, 0.717) is 18.8 Å². The van der Waals surface area contributed by atoms with Crippen LogP contribution in [-0.2, 0) is 22.6 Å². The van der Waals surface area contributed by atoms with E-state index in [0.717, 1.165) is 22.5 Å². The molecule has 0 fully saturated rings. The van der Waals surface area contributed by atoms with Crippen molar-refractivity contribution in [1.29, 1.82) is 0 Å². The third-order valence-corrected chi connectivity index (χ3v) is 4.15. The maximum Gasteiger partial charge on any atom is 0.407 e. The van der Waals surface area contributed by atoms with E-state index < -0.39 is 12.1 Å². The van der Waals surface area contributed by atoms with Crippen molar-refractivity contribution >= 4 is 12.1 Å². The summed E-state index contributed by atoms with van der Waals surface area (Å²) in [6.07, 6.45) is -0.481. The van der Waals surface area contributed by atoms with Crippen LogP contribution in [0.3, 0.4) is 0 Å². The van der Waals surface area contributed by atoms with Crippen molar-refractivity contribution in [2.24, 2.45) is 0 Å². The maximum absolute atomic E-state index is 12.1. The zero-order valence-electron chi connectivity index (χ0n) is 16.4. The van der Waals surface area contributed by atoms with Crippen molar-refractivity contribution in [2.45, 2.75) is 27.0 Å². The Hall–Kier alpha value is -3.61. The maximum atomic E-state index is 12.1. The van der Waals surface area contributed by atoms with Crippen molar-refractivity contribution < 1.29 is 19.1 Å². The van der Waals surface area contributed by atoms with Crippen molar-refractivity contribution in [3.63, 3.8) is 0 Å². The molecule has 3 aromatic rings. The number of nitrogens with one attached hydrogen (secondary N) is 1. The minimum absolute atomic E-state index is 0.223. The number of esters is 1. The van der Waals surface area contributed by atoms with Gasteiger partial charge in [0, 0.05) is 6.54 Å². The summed E-state index contributed by atoms with van der Waals surface area (Å²) in [5, 5.41) is 7.09. The molecule has 0 spiro atoms. The number of aromatic nitrogens is 2. The van der Waals surface area contributed by atoms with E-state index in [1.807, 2.05) is 61.5 Å². The largest absolute Gasteiger partial charge is 0.461 e. The van der Waals surface area contributed by atoms with Gasteiger partial charge in [0.25, 0.3) is 0 Å². The van der Waals surface area contributed by atoms with Crippen molar-refractivity contribution in [1.82, 2.24) is 15.1 Å². The lowest BCUT2D eigenvalue weighted by atomic mass is 10.2. The first-order valence-electron chi connectivity index (χ1n) is 9.34. The number of hydrogen-bond acceptors (Lipinski definition) is 5. The molecule has 0 saturated carbocycles. The number of alkyl carbamates (subject to hydrolysis) is 1. The third-order valence-electron chi connectivity index (χ3n) is 4.15. The van der Waals surface area contributed by atoms with Crippen LogP contribution in [0.1, 0.15) is 34.2 Å². The molecule has 1 heterocycles. The fraction of sp³-hybridized carbons (Fsp3) is 0.227. The second-order valence-electron chi connectivity index (χ2n) is 6.38. The molecule has 0 aliphatic rings. The molecule has 0 radical (unpaired) electrons.